The van der Waals surface area contributed by atoms with Crippen molar-refractivity contribution >= 4 is 0 Å². The maximum atomic E-state index is 5.78. The van der Waals surface area contributed by atoms with Crippen LogP contribution in [0.1, 0.15) is 30.9 Å². The zero-order valence-corrected chi connectivity index (χ0v) is 11.4. The quantitative estimate of drug-likeness (QED) is 0.895. The molecule has 18 heavy (non-hydrogen) atoms. The van der Waals surface area contributed by atoms with Gasteiger partial charge < -0.3 is 9.73 Å². The smallest absolute Gasteiger partial charge is 0.208 e. The number of oxazole rings is 1. The molecule has 0 atom stereocenters. The fraction of sp³-hybridized carbons (Fsp3) is 0.400. The van der Waals surface area contributed by atoms with Crippen LogP contribution < -0.4 is 5.32 Å². The molecule has 3 heteroatoms. The van der Waals surface area contributed by atoms with Crippen molar-refractivity contribution in [1.82, 2.24) is 10.3 Å². The van der Waals surface area contributed by atoms with Crippen LogP contribution in [-0.2, 0) is 6.54 Å². The maximum absolute atomic E-state index is 5.78. The third kappa shape index (κ3) is 2.79. The lowest BCUT2D eigenvalue weighted by atomic mass is 10.0. The normalized spacial score (nSPS) is 11.2. The molecule has 0 amide bonds. The van der Waals surface area contributed by atoms with Crippen molar-refractivity contribution < 1.29 is 4.42 Å². The number of rotatable bonds is 4. The largest absolute Gasteiger partial charge is 0.439 e. The summed E-state index contributed by atoms with van der Waals surface area (Å²) in [6, 6.07) is 6.66. The van der Waals surface area contributed by atoms with Gasteiger partial charge in [0.05, 0.1) is 12.7 Å². The molecule has 0 saturated carbocycles. The summed E-state index contributed by atoms with van der Waals surface area (Å²) in [6.07, 6.45) is 1.80. The average Bonchev–Trinajstić information content (AvgIpc) is 2.78. The SMILES string of the molecule is Cc1cccc(-c2cnc(CNC(C)C)o2)c1C. The Morgan fingerprint density at radius 3 is 2.78 bits per heavy atom. The van der Waals surface area contributed by atoms with E-state index in [2.05, 4.69) is 50.1 Å². The molecule has 96 valence electrons. The number of aryl methyl sites for hydroxylation is 1. The molecular formula is C15H20N2O. The van der Waals surface area contributed by atoms with Crippen LogP contribution in [0, 0.1) is 13.8 Å². The first-order valence-corrected chi connectivity index (χ1v) is 6.32. The molecule has 0 aliphatic heterocycles. The fourth-order valence-electron chi connectivity index (χ4n) is 1.83. The highest BCUT2D eigenvalue weighted by atomic mass is 16.4. The summed E-state index contributed by atoms with van der Waals surface area (Å²) in [7, 11) is 0. The van der Waals surface area contributed by atoms with Crippen molar-refractivity contribution in [1.29, 1.82) is 0 Å². The first-order valence-electron chi connectivity index (χ1n) is 6.32. The molecule has 1 aromatic carbocycles. The summed E-state index contributed by atoms with van der Waals surface area (Å²) in [5, 5.41) is 3.30. The Bertz CT molecular complexity index is 529. The molecule has 0 radical (unpaired) electrons. The van der Waals surface area contributed by atoms with E-state index in [9.17, 15) is 0 Å². The zero-order chi connectivity index (χ0) is 13.1. The molecule has 1 N–H and O–H groups in total. The number of hydrogen-bond acceptors (Lipinski definition) is 3. The number of benzene rings is 1. The van der Waals surface area contributed by atoms with Crippen molar-refractivity contribution in [3.8, 4) is 11.3 Å². The monoisotopic (exact) mass is 244 g/mol. The topological polar surface area (TPSA) is 38.1 Å². The molecule has 0 aliphatic rings. The Kier molecular flexibility index (Phi) is 3.82. The molecule has 3 nitrogen and oxygen atoms in total. The Morgan fingerprint density at radius 2 is 2.06 bits per heavy atom. The number of nitrogens with one attached hydrogen (secondary N) is 1. The molecule has 0 unspecified atom stereocenters. The van der Waals surface area contributed by atoms with Crippen molar-refractivity contribution in [2.45, 2.75) is 40.3 Å². The maximum Gasteiger partial charge on any atom is 0.208 e. The van der Waals surface area contributed by atoms with Crippen LogP contribution in [0.25, 0.3) is 11.3 Å². The highest BCUT2D eigenvalue weighted by molar-refractivity contribution is 5.62. The zero-order valence-electron chi connectivity index (χ0n) is 11.4. The van der Waals surface area contributed by atoms with Gasteiger partial charge in [0.15, 0.2) is 5.76 Å². The van der Waals surface area contributed by atoms with E-state index in [1.54, 1.807) is 6.20 Å². The third-order valence-electron chi connectivity index (χ3n) is 3.09. The summed E-state index contributed by atoms with van der Waals surface area (Å²) < 4.78 is 5.78. The minimum atomic E-state index is 0.432. The second kappa shape index (κ2) is 5.36. The minimum absolute atomic E-state index is 0.432. The lowest BCUT2D eigenvalue weighted by Gasteiger charge is -2.06. The standard InChI is InChI=1S/C15H20N2O/c1-10(2)16-9-15-17-8-14(18-15)13-7-5-6-11(3)12(13)4/h5-8,10,16H,9H2,1-4H3. The van der Waals surface area contributed by atoms with Crippen LogP contribution in [0.2, 0.25) is 0 Å². The van der Waals surface area contributed by atoms with Crippen molar-refractivity contribution in [3.63, 3.8) is 0 Å². The van der Waals surface area contributed by atoms with Gasteiger partial charge in [0, 0.05) is 11.6 Å². The van der Waals surface area contributed by atoms with Gasteiger partial charge in [-0.25, -0.2) is 4.98 Å². The van der Waals surface area contributed by atoms with E-state index in [-0.39, 0.29) is 0 Å². The summed E-state index contributed by atoms with van der Waals surface area (Å²) in [5.41, 5.74) is 3.64. The third-order valence-corrected chi connectivity index (χ3v) is 3.09. The number of nitrogens with zero attached hydrogens (tertiary/aromatic N) is 1. The molecule has 1 aromatic heterocycles. The number of aromatic nitrogens is 1. The first-order chi connectivity index (χ1) is 8.58. The van der Waals surface area contributed by atoms with Crippen LogP contribution in [0.3, 0.4) is 0 Å². The van der Waals surface area contributed by atoms with Gasteiger partial charge in [-0.2, -0.15) is 0 Å². The van der Waals surface area contributed by atoms with Crippen LogP contribution in [-0.4, -0.2) is 11.0 Å². The molecule has 0 spiro atoms. The second-order valence-electron chi connectivity index (χ2n) is 4.90. The van der Waals surface area contributed by atoms with Gasteiger partial charge in [-0.1, -0.05) is 32.0 Å². The molecule has 0 saturated heterocycles. The minimum Gasteiger partial charge on any atom is -0.439 e. The summed E-state index contributed by atoms with van der Waals surface area (Å²) >= 11 is 0. The van der Waals surface area contributed by atoms with Crippen LogP contribution in [0.5, 0.6) is 0 Å². The lowest BCUT2D eigenvalue weighted by Crippen LogP contribution is -2.21. The highest BCUT2D eigenvalue weighted by Gasteiger charge is 2.09. The van der Waals surface area contributed by atoms with Gasteiger partial charge >= 0.3 is 0 Å². The molecule has 2 rings (SSSR count). The Labute approximate surface area is 108 Å². The molecule has 0 bridgehead atoms. The number of hydrogen-bond donors (Lipinski definition) is 1. The Morgan fingerprint density at radius 1 is 1.28 bits per heavy atom. The predicted molar refractivity (Wildman–Crippen MR) is 73.4 cm³/mol. The van der Waals surface area contributed by atoms with Crippen LogP contribution in [0.15, 0.2) is 28.8 Å². The second-order valence-corrected chi connectivity index (χ2v) is 4.90. The van der Waals surface area contributed by atoms with E-state index in [1.807, 2.05) is 6.07 Å². The van der Waals surface area contributed by atoms with Gasteiger partial charge in [-0.15, -0.1) is 0 Å². The van der Waals surface area contributed by atoms with E-state index in [0.717, 1.165) is 17.2 Å². The Hall–Kier alpha value is -1.61. The van der Waals surface area contributed by atoms with Gasteiger partial charge in [0.1, 0.15) is 0 Å². The van der Waals surface area contributed by atoms with E-state index in [1.165, 1.54) is 11.1 Å². The van der Waals surface area contributed by atoms with E-state index in [0.29, 0.717) is 12.6 Å². The molecule has 0 fully saturated rings. The van der Waals surface area contributed by atoms with Gasteiger partial charge in [0.25, 0.3) is 0 Å². The first kappa shape index (κ1) is 12.8. The molecule has 1 heterocycles. The van der Waals surface area contributed by atoms with E-state index >= 15 is 0 Å². The summed E-state index contributed by atoms with van der Waals surface area (Å²) in [4.78, 5) is 4.31. The summed E-state index contributed by atoms with van der Waals surface area (Å²) in [6.45, 7) is 9.10. The average molecular weight is 244 g/mol. The van der Waals surface area contributed by atoms with Gasteiger partial charge in [0.2, 0.25) is 5.89 Å². The van der Waals surface area contributed by atoms with E-state index < -0.39 is 0 Å². The van der Waals surface area contributed by atoms with Crippen molar-refractivity contribution in [2.75, 3.05) is 0 Å². The molecular weight excluding hydrogens is 224 g/mol. The fourth-order valence-corrected chi connectivity index (χ4v) is 1.83. The van der Waals surface area contributed by atoms with Crippen LogP contribution >= 0.6 is 0 Å². The van der Waals surface area contributed by atoms with Crippen molar-refractivity contribution in [3.05, 3.63) is 41.4 Å². The highest BCUT2D eigenvalue weighted by Crippen LogP contribution is 2.25. The van der Waals surface area contributed by atoms with Crippen LogP contribution in [0.4, 0.5) is 0 Å². The molecule has 2 aromatic rings. The van der Waals surface area contributed by atoms with Gasteiger partial charge in [-0.05, 0) is 25.0 Å². The van der Waals surface area contributed by atoms with E-state index in [4.69, 9.17) is 4.42 Å². The van der Waals surface area contributed by atoms with Crippen molar-refractivity contribution in [2.24, 2.45) is 0 Å². The Balaban J connectivity index is 2.21. The predicted octanol–water partition coefficient (Wildman–Crippen LogP) is 3.46. The van der Waals surface area contributed by atoms with Gasteiger partial charge in [-0.3, -0.25) is 0 Å². The lowest BCUT2D eigenvalue weighted by molar-refractivity contribution is 0.459. The molecule has 0 aliphatic carbocycles. The summed E-state index contributed by atoms with van der Waals surface area (Å²) in [5.74, 6) is 1.58.